The van der Waals surface area contributed by atoms with Gasteiger partial charge in [-0.05, 0) is 34.0 Å². The number of carbonyl (C=O) groups excluding carboxylic acids is 1. The van der Waals surface area contributed by atoms with Gasteiger partial charge in [-0.1, -0.05) is 32.0 Å². The Hall–Kier alpha value is -1.92. The third kappa shape index (κ3) is 4.77. The van der Waals surface area contributed by atoms with Crippen LogP contribution < -0.4 is 10.6 Å². The molecule has 1 heterocycles. The lowest BCUT2D eigenvalue weighted by Gasteiger charge is -2.26. The Morgan fingerprint density at radius 3 is 2.70 bits per heavy atom. The molecule has 0 aliphatic heterocycles. The second-order valence-corrected chi connectivity index (χ2v) is 6.78. The molecule has 0 aliphatic rings. The summed E-state index contributed by atoms with van der Waals surface area (Å²) in [4.78, 5) is 11.9. The third-order valence-corrected chi connectivity index (χ3v) is 4.38. The van der Waals surface area contributed by atoms with Gasteiger partial charge in [0.2, 0.25) is 0 Å². The summed E-state index contributed by atoms with van der Waals surface area (Å²) >= 11 is 1.49. The van der Waals surface area contributed by atoms with Gasteiger partial charge in [0.25, 0.3) is 0 Å². The molecule has 4 nitrogen and oxygen atoms in total. The lowest BCUT2D eigenvalue weighted by atomic mass is 9.84. The van der Waals surface area contributed by atoms with Crippen molar-refractivity contribution in [1.82, 2.24) is 10.6 Å². The largest absolute Gasteiger partial charge is 0.387 e. The smallest absolute Gasteiger partial charge is 0.314 e. The Balaban J connectivity index is 1.83. The first kappa shape index (κ1) is 17.4. The molecule has 0 saturated heterocycles. The Kier molecular flexibility index (Phi) is 5.74. The van der Waals surface area contributed by atoms with Crippen LogP contribution in [0.5, 0.6) is 0 Å². The Labute approximate surface area is 139 Å². The number of hydrogen-bond donors (Lipinski definition) is 3. The van der Waals surface area contributed by atoms with Gasteiger partial charge in [0, 0.05) is 18.5 Å². The van der Waals surface area contributed by atoms with Crippen LogP contribution in [0.2, 0.25) is 0 Å². The summed E-state index contributed by atoms with van der Waals surface area (Å²) in [6.07, 6.45) is -0.730. The van der Waals surface area contributed by atoms with Crippen molar-refractivity contribution in [2.24, 2.45) is 0 Å². The van der Waals surface area contributed by atoms with E-state index in [0.717, 1.165) is 5.56 Å². The summed E-state index contributed by atoms with van der Waals surface area (Å²) in [5.74, 6) is -0.285. The van der Waals surface area contributed by atoms with E-state index in [2.05, 4.69) is 10.6 Å². The molecule has 124 valence electrons. The number of thiophene rings is 1. The van der Waals surface area contributed by atoms with Gasteiger partial charge in [-0.25, -0.2) is 9.18 Å². The molecule has 0 aliphatic carbocycles. The molecule has 0 spiro atoms. The molecule has 1 aromatic carbocycles. The van der Waals surface area contributed by atoms with E-state index in [-0.39, 0.29) is 24.9 Å². The predicted octanol–water partition coefficient (Wildman–Crippen LogP) is 3.20. The molecule has 0 saturated carbocycles. The number of hydrogen-bond acceptors (Lipinski definition) is 3. The standard InChI is InChI=1S/C17H21FN2O2S/c1-17(2,13-5-3-4-6-14(13)18)11-20-16(22)19-9-15(21)12-7-8-23-10-12/h3-8,10,15,21H,9,11H2,1-2H3,(H2,19,20,22). The van der Waals surface area contributed by atoms with Crippen molar-refractivity contribution in [2.75, 3.05) is 13.1 Å². The average molecular weight is 336 g/mol. The molecule has 6 heteroatoms. The van der Waals surface area contributed by atoms with Crippen LogP contribution in [0.15, 0.2) is 41.1 Å². The van der Waals surface area contributed by atoms with Crippen LogP contribution in [0.3, 0.4) is 0 Å². The highest BCUT2D eigenvalue weighted by Crippen LogP contribution is 2.24. The van der Waals surface area contributed by atoms with Crippen LogP contribution in [0.25, 0.3) is 0 Å². The van der Waals surface area contributed by atoms with Crippen LogP contribution in [-0.2, 0) is 5.41 Å². The topological polar surface area (TPSA) is 61.4 Å². The molecule has 2 amide bonds. The Morgan fingerprint density at radius 2 is 2.04 bits per heavy atom. The molecule has 2 aromatic rings. The highest BCUT2D eigenvalue weighted by molar-refractivity contribution is 7.07. The maximum atomic E-state index is 13.9. The molecule has 1 aromatic heterocycles. The van der Waals surface area contributed by atoms with E-state index in [9.17, 15) is 14.3 Å². The number of amides is 2. The molecular weight excluding hydrogens is 315 g/mol. The average Bonchev–Trinajstić information content (AvgIpc) is 3.05. The molecule has 0 bridgehead atoms. The van der Waals surface area contributed by atoms with E-state index in [4.69, 9.17) is 0 Å². The van der Waals surface area contributed by atoms with E-state index < -0.39 is 11.5 Å². The second kappa shape index (κ2) is 7.57. The number of benzene rings is 1. The number of rotatable bonds is 6. The van der Waals surface area contributed by atoms with Gasteiger partial charge in [0.1, 0.15) is 5.82 Å². The predicted molar refractivity (Wildman–Crippen MR) is 90.1 cm³/mol. The third-order valence-electron chi connectivity index (χ3n) is 3.68. The molecule has 23 heavy (non-hydrogen) atoms. The number of aliphatic hydroxyl groups excluding tert-OH is 1. The first-order chi connectivity index (χ1) is 10.9. The minimum atomic E-state index is -0.730. The van der Waals surface area contributed by atoms with Crippen molar-refractivity contribution < 1.29 is 14.3 Å². The number of urea groups is 1. The quantitative estimate of drug-likeness (QED) is 0.759. The maximum absolute atomic E-state index is 13.9. The molecule has 1 atom stereocenters. The highest BCUT2D eigenvalue weighted by Gasteiger charge is 2.24. The normalized spacial score (nSPS) is 12.7. The zero-order valence-electron chi connectivity index (χ0n) is 13.2. The maximum Gasteiger partial charge on any atom is 0.314 e. The summed E-state index contributed by atoms with van der Waals surface area (Å²) in [7, 11) is 0. The van der Waals surface area contributed by atoms with Crippen molar-refractivity contribution >= 4 is 17.4 Å². The van der Waals surface area contributed by atoms with Gasteiger partial charge < -0.3 is 15.7 Å². The molecule has 2 rings (SSSR count). The monoisotopic (exact) mass is 336 g/mol. The molecule has 1 unspecified atom stereocenters. The Bertz CT molecular complexity index is 644. The first-order valence-corrected chi connectivity index (χ1v) is 8.31. The lowest BCUT2D eigenvalue weighted by Crippen LogP contribution is -2.43. The highest BCUT2D eigenvalue weighted by atomic mass is 32.1. The van der Waals surface area contributed by atoms with Crippen molar-refractivity contribution in [2.45, 2.75) is 25.4 Å². The fraction of sp³-hybridized carbons (Fsp3) is 0.353. The van der Waals surface area contributed by atoms with E-state index in [1.165, 1.54) is 17.4 Å². The number of halogens is 1. The van der Waals surface area contributed by atoms with Crippen LogP contribution in [0, 0.1) is 5.82 Å². The lowest BCUT2D eigenvalue weighted by molar-refractivity contribution is 0.173. The van der Waals surface area contributed by atoms with E-state index in [1.807, 2.05) is 30.7 Å². The van der Waals surface area contributed by atoms with Crippen LogP contribution in [-0.4, -0.2) is 24.2 Å². The Morgan fingerprint density at radius 1 is 1.30 bits per heavy atom. The zero-order chi connectivity index (χ0) is 16.9. The van der Waals surface area contributed by atoms with E-state index in [1.54, 1.807) is 18.2 Å². The number of aliphatic hydroxyl groups is 1. The fourth-order valence-corrected chi connectivity index (χ4v) is 2.95. The van der Waals surface area contributed by atoms with Crippen molar-refractivity contribution in [3.63, 3.8) is 0 Å². The summed E-state index contributed by atoms with van der Waals surface area (Å²) < 4.78 is 13.9. The van der Waals surface area contributed by atoms with Gasteiger partial charge in [-0.2, -0.15) is 11.3 Å². The van der Waals surface area contributed by atoms with Crippen LogP contribution in [0.4, 0.5) is 9.18 Å². The summed E-state index contributed by atoms with van der Waals surface area (Å²) in [6, 6.07) is 7.97. The number of nitrogens with one attached hydrogen (secondary N) is 2. The molecular formula is C17H21FN2O2S. The van der Waals surface area contributed by atoms with Gasteiger partial charge >= 0.3 is 6.03 Å². The SMILES string of the molecule is CC(C)(CNC(=O)NCC(O)c1ccsc1)c1ccccc1F. The van der Waals surface area contributed by atoms with Gasteiger partial charge in [-0.3, -0.25) is 0 Å². The van der Waals surface area contributed by atoms with E-state index in [0.29, 0.717) is 5.56 Å². The van der Waals surface area contributed by atoms with Crippen molar-refractivity contribution in [3.05, 3.63) is 58.0 Å². The fourth-order valence-electron chi connectivity index (χ4n) is 2.24. The second-order valence-electron chi connectivity index (χ2n) is 6.00. The molecule has 0 radical (unpaired) electrons. The minimum absolute atomic E-state index is 0.128. The number of carbonyl (C=O) groups is 1. The minimum Gasteiger partial charge on any atom is -0.387 e. The van der Waals surface area contributed by atoms with Crippen LogP contribution >= 0.6 is 11.3 Å². The van der Waals surface area contributed by atoms with E-state index >= 15 is 0 Å². The summed E-state index contributed by atoms with van der Waals surface area (Å²) in [5.41, 5.74) is 0.801. The van der Waals surface area contributed by atoms with Gasteiger partial charge in [-0.15, -0.1) is 0 Å². The van der Waals surface area contributed by atoms with Gasteiger partial charge in [0.05, 0.1) is 6.10 Å². The molecule has 3 N–H and O–H groups in total. The van der Waals surface area contributed by atoms with Crippen molar-refractivity contribution in [1.29, 1.82) is 0 Å². The van der Waals surface area contributed by atoms with Crippen molar-refractivity contribution in [3.8, 4) is 0 Å². The first-order valence-electron chi connectivity index (χ1n) is 7.37. The van der Waals surface area contributed by atoms with Gasteiger partial charge in [0.15, 0.2) is 0 Å². The zero-order valence-corrected chi connectivity index (χ0v) is 14.0. The van der Waals surface area contributed by atoms with Crippen LogP contribution in [0.1, 0.15) is 31.1 Å². The molecule has 0 fully saturated rings. The summed E-state index contributed by atoms with van der Waals surface area (Å²) in [6.45, 7) is 4.15. The summed E-state index contributed by atoms with van der Waals surface area (Å²) in [5, 5.41) is 19.0.